The molecule has 0 spiro atoms. The molecule has 0 bridgehead atoms. The molecule has 1 aromatic heterocycles. The Kier molecular flexibility index (Phi) is 4.18. The van der Waals surface area contributed by atoms with Crippen molar-refractivity contribution in [2.75, 3.05) is 6.54 Å². The van der Waals surface area contributed by atoms with E-state index in [1.165, 1.54) is 16.7 Å². The van der Waals surface area contributed by atoms with Crippen LogP contribution in [0.3, 0.4) is 0 Å². The van der Waals surface area contributed by atoms with Gasteiger partial charge in [0.25, 0.3) is 0 Å². The highest BCUT2D eigenvalue weighted by atomic mass is 14.8. The van der Waals surface area contributed by atoms with Crippen LogP contribution < -0.4 is 5.32 Å². The molecule has 2 heterocycles. The van der Waals surface area contributed by atoms with Gasteiger partial charge < -0.3 is 5.32 Å². The molecule has 0 radical (unpaired) electrons. The van der Waals surface area contributed by atoms with Crippen LogP contribution in [0.15, 0.2) is 24.5 Å². The lowest BCUT2D eigenvalue weighted by Crippen LogP contribution is -2.21. The van der Waals surface area contributed by atoms with E-state index < -0.39 is 0 Å². The summed E-state index contributed by atoms with van der Waals surface area (Å²) < 4.78 is 0. The van der Waals surface area contributed by atoms with Gasteiger partial charge in [-0.15, -0.1) is 0 Å². The molecule has 0 amide bonds. The molecule has 1 atom stereocenters. The predicted molar refractivity (Wildman–Crippen MR) is 76.8 cm³/mol. The molecule has 2 heteroatoms. The van der Waals surface area contributed by atoms with Gasteiger partial charge in [0.2, 0.25) is 0 Å². The number of hydrogen-bond acceptors (Lipinski definition) is 2. The van der Waals surface area contributed by atoms with Crippen molar-refractivity contribution in [1.29, 1.82) is 0 Å². The summed E-state index contributed by atoms with van der Waals surface area (Å²) in [4.78, 5) is 4.42. The Balaban J connectivity index is 2.57. The van der Waals surface area contributed by atoms with Crippen LogP contribution in [0.5, 0.6) is 0 Å². The quantitative estimate of drug-likeness (QED) is 0.804. The van der Waals surface area contributed by atoms with Gasteiger partial charge in [-0.3, -0.25) is 4.98 Å². The first kappa shape index (κ1) is 13.3. The lowest BCUT2D eigenvalue weighted by Gasteiger charge is -2.27. The molecule has 1 N–H and O–H groups in total. The van der Waals surface area contributed by atoms with E-state index in [9.17, 15) is 0 Å². The van der Waals surface area contributed by atoms with Crippen LogP contribution >= 0.6 is 0 Å². The van der Waals surface area contributed by atoms with Gasteiger partial charge in [-0.1, -0.05) is 39.8 Å². The Morgan fingerprint density at radius 2 is 2.00 bits per heavy atom. The maximum Gasteiger partial charge on any atom is 0.0316 e. The zero-order valence-corrected chi connectivity index (χ0v) is 11.9. The highest BCUT2D eigenvalue weighted by Crippen LogP contribution is 2.34. The third-order valence-electron chi connectivity index (χ3n) is 3.70. The lowest BCUT2D eigenvalue weighted by molar-refractivity contribution is 0.555. The minimum Gasteiger partial charge on any atom is -0.309 e. The van der Waals surface area contributed by atoms with E-state index in [1.807, 2.05) is 12.4 Å². The molecule has 1 aliphatic heterocycles. The van der Waals surface area contributed by atoms with Crippen LogP contribution in [0.25, 0.3) is 0 Å². The average Bonchev–Trinajstić information content (AvgIpc) is 2.28. The smallest absolute Gasteiger partial charge is 0.0316 e. The van der Waals surface area contributed by atoms with Gasteiger partial charge in [-0.05, 0) is 28.5 Å². The fraction of sp³-hybridized carbons (Fsp3) is 0.562. The zero-order chi connectivity index (χ0) is 13.1. The normalized spacial score (nSPS) is 21.6. The standard InChI is InChI=1S/C16H24N2/c1-11(2)14-6-5-7-17-8-13-9-18-10-15(12(3)4)16(13)14/h5-6,9-12,14,17H,7-8H2,1-4H3/b6-5-. The van der Waals surface area contributed by atoms with Gasteiger partial charge in [-0.2, -0.15) is 0 Å². The summed E-state index contributed by atoms with van der Waals surface area (Å²) in [5.74, 6) is 1.67. The second-order valence-corrected chi connectivity index (χ2v) is 5.79. The number of aromatic nitrogens is 1. The van der Waals surface area contributed by atoms with Gasteiger partial charge in [0.1, 0.15) is 0 Å². The molecular formula is C16H24N2. The Morgan fingerprint density at radius 3 is 2.67 bits per heavy atom. The molecule has 0 saturated carbocycles. The first-order valence-electron chi connectivity index (χ1n) is 6.95. The van der Waals surface area contributed by atoms with Gasteiger partial charge in [0.15, 0.2) is 0 Å². The highest BCUT2D eigenvalue weighted by molar-refractivity contribution is 5.40. The van der Waals surface area contributed by atoms with Crippen molar-refractivity contribution < 1.29 is 0 Å². The first-order chi connectivity index (χ1) is 8.61. The number of nitrogens with one attached hydrogen (secondary N) is 1. The average molecular weight is 244 g/mol. The minimum absolute atomic E-state index is 0.516. The molecule has 1 aromatic rings. The van der Waals surface area contributed by atoms with Gasteiger partial charge in [-0.25, -0.2) is 0 Å². The third kappa shape index (κ3) is 2.64. The van der Waals surface area contributed by atoms with Gasteiger partial charge in [0.05, 0.1) is 0 Å². The van der Waals surface area contributed by atoms with Crippen molar-refractivity contribution >= 4 is 0 Å². The van der Waals surface area contributed by atoms with Crippen LogP contribution in [-0.2, 0) is 6.54 Å². The van der Waals surface area contributed by atoms with E-state index >= 15 is 0 Å². The maximum atomic E-state index is 4.42. The Morgan fingerprint density at radius 1 is 1.22 bits per heavy atom. The number of fused-ring (bicyclic) bond motifs is 1. The van der Waals surface area contributed by atoms with Gasteiger partial charge in [0, 0.05) is 31.4 Å². The van der Waals surface area contributed by atoms with E-state index in [4.69, 9.17) is 0 Å². The second-order valence-electron chi connectivity index (χ2n) is 5.79. The number of nitrogens with zero attached hydrogens (tertiary/aromatic N) is 1. The minimum atomic E-state index is 0.516. The van der Waals surface area contributed by atoms with Crippen LogP contribution in [-0.4, -0.2) is 11.5 Å². The number of allylic oxidation sites excluding steroid dienone is 1. The Labute approximate surface area is 111 Å². The fourth-order valence-corrected chi connectivity index (χ4v) is 2.70. The monoisotopic (exact) mass is 244 g/mol. The second kappa shape index (κ2) is 5.66. The summed E-state index contributed by atoms with van der Waals surface area (Å²) in [5.41, 5.74) is 4.27. The van der Waals surface area contributed by atoms with E-state index in [2.05, 4.69) is 50.1 Å². The molecule has 2 nitrogen and oxygen atoms in total. The molecule has 0 saturated heterocycles. The van der Waals surface area contributed by atoms with Crippen LogP contribution in [0.2, 0.25) is 0 Å². The van der Waals surface area contributed by atoms with Crippen LogP contribution in [0, 0.1) is 5.92 Å². The summed E-state index contributed by atoms with van der Waals surface area (Å²) in [6.45, 7) is 11.0. The molecule has 98 valence electrons. The number of hydrogen-bond donors (Lipinski definition) is 1. The lowest BCUT2D eigenvalue weighted by atomic mass is 9.80. The van der Waals surface area contributed by atoms with Crippen LogP contribution in [0.1, 0.15) is 56.2 Å². The van der Waals surface area contributed by atoms with E-state index in [-0.39, 0.29) is 0 Å². The van der Waals surface area contributed by atoms with Crippen LogP contribution in [0.4, 0.5) is 0 Å². The molecular weight excluding hydrogens is 220 g/mol. The molecule has 1 unspecified atom stereocenters. The number of pyridine rings is 1. The number of rotatable bonds is 2. The van der Waals surface area contributed by atoms with E-state index in [1.54, 1.807) is 0 Å². The first-order valence-corrected chi connectivity index (χ1v) is 6.95. The van der Waals surface area contributed by atoms with Crippen molar-refractivity contribution in [2.24, 2.45) is 5.92 Å². The van der Waals surface area contributed by atoms with Crippen molar-refractivity contribution in [1.82, 2.24) is 10.3 Å². The SMILES string of the molecule is CC(C)c1cncc2c1C(C(C)C)/C=C\CNC2. The third-order valence-corrected chi connectivity index (χ3v) is 3.70. The zero-order valence-electron chi connectivity index (χ0n) is 11.9. The van der Waals surface area contributed by atoms with E-state index in [0.717, 1.165) is 13.1 Å². The molecule has 0 fully saturated rings. The molecule has 1 aliphatic rings. The summed E-state index contributed by atoms with van der Waals surface area (Å²) in [7, 11) is 0. The topological polar surface area (TPSA) is 24.9 Å². The molecule has 2 rings (SSSR count). The molecule has 0 aliphatic carbocycles. The van der Waals surface area contributed by atoms with Crippen molar-refractivity contribution in [3.8, 4) is 0 Å². The highest BCUT2D eigenvalue weighted by Gasteiger charge is 2.22. The Bertz CT molecular complexity index is 433. The largest absolute Gasteiger partial charge is 0.309 e. The summed E-state index contributed by atoms with van der Waals surface area (Å²) in [5, 5.41) is 3.44. The Hall–Kier alpha value is -1.15. The van der Waals surface area contributed by atoms with Gasteiger partial charge >= 0.3 is 0 Å². The predicted octanol–water partition coefficient (Wildman–Crippen LogP) is 3.60. The summed E-state index contributed by atoms with van der Waals surface area (Å²) >= 11 is 0. The summed E-state index contributed by atoms with van der Waals surface area (Å²) in [6.07, 6.45) is 8.71. The molecule has 18 heavy (non-hydrogen) atoms. The van der Waals surface area contributed by atoms with Crippen molar-refractivity contribution in [3.63, 3.8) is 0 Å². The summed E-state index contributed by atoms with van der Waals surface area (Å²) in [6, 6.07) is 0. The van der Waals surface area contributed by atoms with Crippen molar-refractivity contribution in [2.45, 2.75) is 46.1 Å². The van der Waals surface area contributed by atoms with E-state index in [0.29, 0.717) is 17.8 Å². The molecule has 0 aromatic carbocycles. The fourth-order valence-electron chi connectivity index (χ4n) is 2.70. The maximum absolute atomic E-state index is 4.42. The van der Waals surface area contributed by atoms with Crippen molar-refractivity contribution in [3.05, 3.63) is 41.2 Å².